The summed E-state index contributed by atoms with van der Waals surface area (Å²) in [7, 11) is 0. The zero-order valence-electron chi connectivity index (χ0n) is 13.9. The first-order valence-corrected chi connectivity index (χ1v) is 8.14. The van der Waals surface area contributed by atoms with Gasteiger partial charge in [-0.3, -0.25) is 4.79 Å². The van der Waals surface area contributed by atoms with Gasteiger partial charge in [-0.25, -0.2) is 0 Å². The third kappa shape index (κ3) is 30.9. The summed E-state index contributed by atoms with van der Waals surface area (Å²) >= 11 is 0. The first kappa shape index (κ1) is 25.2. The summed E-state index contributed by atoms with van der Waals surface area (Å²) in [6.07, 6.45) is 16.4. The summed E-state index contributed by atoms with van der Waals surface area (Å²) < 4.78 is 0. The van der Waals surface area contributed by atoms with Gasteiger partial charge in [-0.2, -0.15) is 13.8 Å². The van der Waals surface area contributed by atoms with Gasteiger partial charge in [0.05, 0.1) is 0 Å². The van der Waals surface area contributed by atoms with Crippen LogP contribution >= 0.6 is 0 Å². The Labute approximate surface area is 142 Å². The predicted octanol–water partition coefficient (Wildman–Crippen LogP) is 6.00. The fourth-order valence-corrected chi connectivity index (χ4v) is 1.94. The number of hydrogen-bond donors (Lipinski definition) is 1. The van der Waals surface area contributed by atoms with Crippen LogP contribution in [0.25, 0.3) is 0 Å². The molecule has 0 aromatic heterocycles. The molecule has 2 nitrogen and oxygen atoms in total. The van der Waals surface area contributed by atoms with Crippen LogP contribution in [0.15, 0.2) is 0 Å². The van der Waals surface area contributed by atoms with Crippen molar-refractivity contribution in [2.75, 3.05) is 0 Å². The molecule has 0 aromatic rings. The molecule has 0 fully saturated rings. The predicted molar refractivity (Wildman–Crippen MR) is 84.4 cm³/mol. The molecule has 0 aliphatic carbocycles. The van der Waals surface area contributed by atoms with Crippen molar-refractivity contribution in [3.8, 4) is 0 Å². The van der Waals surface area contributed by atoms with E-state index in [9.17, 15) is 4.79 Å². The Hall–Kier alpha value is 0.184. The van der Waals surface area contributed by atoms with Crippen LogP contribution in [0, 0.1) is 6.42 Å². The molecule has 3 heteroatoms. The Morgan fingerprint density at radius 3 is 1.40 bits per heavy atom. The molecule has 0 saturated heterocycles. The van der Waals surface area contributed by atoms with Crippen LogP contribution in [0.2, 0.25) is 0 Å². The average Bonchev–Trinajstić information content (AvgIpc) is 2.36. The summed E-state index contributed by atoms with van der Waals surface area (Å²) in [5.41, 5.74) is 0. The number of unbranched alkanes of at least 4 members (excludes halogenated alkanes) is 10. The molecule has 0 radical (unpaired) electrons. The van der Waals surface area contributed by atoms with Crippen molar-refractivity contribution in [3.63, 3.8) is 0 Å². The van der Waals surface area contributed by atoms with Crippen molar-refractivity contribution in [1.29, 1.82) is 0 Å². The van der Waals surface area contributed by atoms with Crippen LogP contribution in [-0.2, 0) is 26.5 Å². The van der Waals surface area contributed by atoms with Crippen molar-refractivity contribution in [2.24, 2.45) is 0 Å². The van der Waals surface area contributed by atoms with E-state index in [2.05, 4.69) is 6.92 Å². The fraction of sp³-hybridized carbons (Fsp3) is 0.882. The van der Waals surface area contributed by atoms with Gasteiger partial charge in [0.1, 0.15) is 0 Å². The monoisotopic (exact) mass is 319 g/mol. The number of rotatable bonds is 12. The quantitative estimate of drug-likeness (QED) is 0.272. The summed E-state index contributed by atoms with van der Waals surface area (Å²) in [4.78, 5) is 10.3. The minimum absolute atomic E-state index is 0. The molecular weight excluding hydrogens is 284 g/mol. The zero-order valence-corrected chi connectivity index (χ0v) is 15.5. The molecule has 0 rings (SSSR count). The summed E-state index contributed by atoms with van der Waals surface area (Å²) in [6.45, 7) is 6.25. The van der Waals surface area contributed by atoms with E-state index in [0.29, 0.717) is 6.42 Å². The van der Waals surface area contributed by atoms with Crippen LogP contribution in [0.1, 0.15) is 97.8 Å². The van der Waals surface area contributed by atoms with Gasteiger partial charge in [-0.1, -0.05) is 71.1 Å². The van der Waals surface area contributed by atoms with E-state index >= 15 is 0 Å². The maximum Gasteiger partial charge on any atom is 0.303 e. The van der Waals surface area contributed by atoms with Gasteiger partial charge < -0.3 is 11.5 Å². The normalized spacial score (nSPS) is 9.35. The van der Waals surface area contributed by atoms with Crippen molar-refractivity contribution < 1.29 is 31.6 Å². The number of carboxylic acid groups (broad SMARTS) is 1. The minimum atomic E-state index is -0.657. The Morgan fingerprint density at radius 2 is 1.10 bits per heavy atom. The molecule has 0 unspecified atom stereocenters. The number of hydrogen-bond acceptors (Lipinski definition) is 1. The largest absolute Gasteiger partial charge is 0.481 e. The number of aliphatic carboxylic acids is 1. The van der Waals surface area contributed by atoms with Gasteiger partial charge >= 0.3 is 5.97 Å². The third-order valence-corrected chi connectivity index (χ3v) is 2.99. The molecule has 20 heavy (non-hydrogen) atoms. The van der Waals surface area contributed by atoms with Gasteiger partial charge in [0.15, 0.2) is 0 Å². The van der Waals surface area contributed by atoms with Crippen LogP contribution in [-0.4, -0.2) is 11.1 Å². The summed E-state index contributed by atoms with van der Waals surface area (Å²) in [5, 5.41) is 8.46. The third-order valence-electron chi connectivity index (χ3n) is 2.99. The van der Waals surface area contributed by atoms with Crippen LogP contribution in [0.5, 0.6) is 0 Å². The number of carbonyl (C=O) groups is 1. The molecule has 1 N–H and O–H groups in total. The van der Waals surface area contributed by atoms with Gasteiger partial charge in [-0.05, 0) is 6.42 Å². The van der Waals surface area contributed by atoms with E-state index < -0.39 is 5.97 Å². The molecule has 0 heterocycles. The molecule has 0 aromatic carbocycles. The summed E-state index contributed by atoms with van der Waals surface area (Å²) in [6, 6.07) is 0. The first-order chi connectivity index (χ1) is 9.18. The van der Waals surface area contributed by atoms with Crippen LogP contribution < -0.4 is 0 Å². The molecule has 0 atom stereocenters. The second-order valence-corrected chi connectivity index (χ2v) is 5.26. The minimum Gasteiger partial charge on any atom is -0.481 e. The van der Waals surface area contributed by atoms with E-state index in [1.54, 1.807) is 0 Å². The van der Waals surface area contributed by atoms with Crippen molar-refractivity contribution in [3.05, 3.63) is 6.42 Å². The Morgan fingerprint density at radius 1 is 0.800 bits per heavy atom. The molecule has 0 aliphatic heterocycles. The average molecular weight is 319 g/mol. The van der Waals surface area contributed by atoms with Crippen molar-refractivity contribution >= 4 is 5.97 Å². The Balaban J connectivity index is -0.000000657. The van der Waals surface area contributed by atoms with Crippen LogP contribution in [0.3, 0.4) is 0 Å². The van der Waals surface area contributed by atoms with E-state index in [0.717, 1.165) is 12.8 Å². The molecule has 0 saturated carbocycles. The fourth-order valence-electron chi connectivity index (χ4n) is 1.94. The van der Waals surface area contributed by atoms with E-state index in [1.165, 1.54) is 57.8 Å². The Kier molecular flexibility index (Phi) is 30.5. The SMILES string of the molecule is CCCCCCCCCCCCCC(=O)O.C[CH-]C.[Ti]. The van der Waals surface area contributed by atoms with E-state index in [4.69, 9.17) is 5.11 Å². The summed E-state index contributed by atoms with van der Waals surface area (Å²) in [5.74, 6) is -0.657. The molecule has 0 aliphatic rings. The zero-order chi connectivity index (χ0) is 14.8. The molecule has 0 amide bonds. The van der Waals surface area contributed by atoms with Crippen LogP contribution in [0.4, 0.5) is 0 Å². The van der Waals surface area contributed by atoms with Gasteiger partial charge in [0, 0.05) is 28.1 Å². The second kappa shape index (κ2) is 24.2. The Bertz CT molecular complexity index is 172. The van der Waals surface area contributed by atoms with Crippen molar-refractivity contribution in [2.45, 2.75) is 97.8 Å². The van der Waals surface area contributed by atoms with Crippen molar-refractivity contribution in [1.82, 2.24) is 0 Å². The van der Waals surface area contributed by atoms with E-state index in [-0.39, 0.29) is 21.7 Å². The van der Waals surface area contributed by atoms with Gasteiger partial charge in [0.25, 0.3) is 0 Å². The molecule has 120 valence electrons. The first-order valence-electron chi connectivity index (χ1n) is 8.14. The second-order valence-electron chi connectivity index (χ2n) is 5.26. The standard InChI is InChI=1S/C14H28O2.C3H7.Ti/c1-2-3-4-5-6-7-8-9-10-11-12-13-14(15)16;1-3-2;/h2-13H2,1H3,(H,15,16);3H,1-2H3;/q;-1;. The maximum atomic E-state index is 10.3. The maximum absolute atomic E-state index is 10.3. The molecule has 0 bridgehead atoms. The van der Waals surface area contributed by atoms with Gasteiger partial charge in [0.2, 0.25) is 0 Å². The molecular formula is C17H35O2Ti-. The van der Waals surface area contributed by atoms with Gasteiger partial charge in [-0.15, -0.1) is 0 Å². The topological polar surface area (TPSA) is 37.3 Å². The smallest absolute Gasteiger partial charge is 0.303 e. The number of carboxylic acids is 1. The van der Waals surface area contributed by atoms with E-state index in [1.807, 2.05) is 20.3 Å². The molecule has 0 spiro atoms.